The van der Waals surface area contributed by atoms with Gasteiger partial charge in [0.15, 0.2) is 0 Å². The molecule has 0 aliphatic rings. The minimum absolute atomic E-state index is 0.0940. The molecule has 2 aromatic rings. The molecule has 0 atom stereocenters. The van der Waals surface area contributed by atoms with Gasteiger partial charge in [0.2, 0.25) is 5.78 Å². The fourth-order valence-electron chi connectivity index (χ4n) is 3.15. The number of nitrogen functional groups attached to an aromatic ring is 1. The lowest BCUT2D eigenvalue weighted by atomic mass is 10.0. The monoisotopic (exact) mass is 312 g/mol. The lowest BCUT2D eigenvalue weighted by molar-refractivity contribution is 0.102. The summed E-state index contributed by atoms with van der Waals surface area (Å²) in [6.45, 7) is 7.39. The van der Waals surface area contributed by atoms with E-state index in [-0.39, 0.29) is 5.78 Å². The van der Waals surface area contributed by atoms with Crippen molar-refractivity contribution in [2.24, 2.45) is 0 Å². The fourth-order valence-corrected chi connectivity index (χ4v) is 3.15. The molecule has 0 radical (unpaired) electrons. The van der Waals surface area contributed by atoms with Gasteiger partial charge >= 0.3 is 0 Å². The van der Waals surface area contributed by atoms with Crippen molar-refractivity contribution in [2.45, 2.75) is 59.4 Å². The van der Waals surface area contributed by atoms with Crippen LogP contribution in [0.3, 0.4) is 0 Å². The van der Waals surface area contributed by atoms with E-state index in [0.29, 0.717) is 11.3 Å². The zero-order chi connectivity index (χ0) is 16.8. The standard InChI is InChI=1S/C20H28N2O/c1-4-8-15-14-18(9-5-2)22(12-6-3)19(15)20(23)16-10-7-11-17(21)13-16/h7,10-11,13-14H,4-6,8-9,12,21H2,1-3H3. The van der Waals surface area contributed by atoms with Crippen LogP contribution in [-0.2, 0) is 19.4 Å². The van der Waals surface area contributed by atoms with E-state index in [1.807, 2.05) is 18.2 Å². The van der Waals surface area contributed by atoms with Gasteiger partial charge in [-0.15, -0.1) is 0 Å². The number of anilines is 1. The summed E-state index contributed by atoms with van der Waals surface area (Å²) in [5.41, 5.74) is 10.5. The van der Waals surface area contributed by atoms with Crippen molar-refractivity contribution in [1.29, 1.82) is 0 Å². The van der Waals surface area contributed by atoms with Gasteiger partial charge in [-0.3, -0.25) is 4.79 Å². The van der Waals surface area contributed by atoms with Crippen molar-refractivity contribution < 1.29 is 4.79 Å². The maximum Gasteiger partial charge on any atom is 0.209 e. The zero-order valence-corrected chi connectivity index (χ0v) is 14.6. The number of benzene rings is 1. The molecule has 0 saturated heterocycles. The smallest absolute Gasteiger partial charge is 0.209 e. The van der Waals surface area contributed by atoms with Gasteiger partial charge in [0.1, 0.15) is 0 Å². The molecule has 2 rings (SSSR count). The quantitative estimate of drug-likeness (QED) is 0.571. The minimum Gasteiger partial charge on any atom is -0.399 e. The first-order valence-corrected chi connectivity index (χ1v) is 8.73. The van der Waals surface area contributed by atoms with Crippen LogP contribution in [0.2, 0.25) is 0 Å². The molecule has 0 fully saturated rings. The first-order valence-electron chi connectivity index (χ1n) is 8.73. The Bertz CT molecular complexity index is 670. The van der Waals surface area contributed by atoms with Crippen molar-refractivity contribution in [3.8, 4) is 0 Å². The molecule has 3 heteroatoms. The van der Waals surface area contributed by atoms with E-state index in [9.17, 15) is 4.79 Å². The highest BCUT2D eigenvalue weighted by molar-refractivity contribution is 6.09. The third-order valence-corrected chi connectivity index (χ3v) is 4.10. The van der Waals surface area contributed by atoms with Crippen molar-refractivity contribution in [1.82, 2.24) is 4.57 Å². The molecule has 1 heterocycles. The first kappa shape index (κ1) is 17.3. The molecule has 0 spiro atoms. The third kappa shape index (κ3) is 3.84. The number of carbonyl (C=O) groups is 1. The number of hydrogen-bond donors (Lipinski definition) is 1. The second-order valence-electron chi connectivity index (χ2n) is 6.12. The Labute approximate surface area is 139 Å². The van der Waals surface area contributed by atoms with Gasteiger partial charge in [-0.25, -0.2) is 0 Å². The molecule has 0 aliphatic heterocycles. The normalized spacial score (nSPS) is 10.9. The molecule has 3 nitrogen and oxygen atoms in total. The Balaban J connectivity index is 2.54. The Kier molecular flexibility index (Phi) is 6.03. The number of carbonyl (C=O) groups excluding carboxylic acids is 1. The molecule has 0 saturated carbocycles. The third-order valence-electron chi connectivity index (χ3n) is 4.10. The maximum absolute atomic E-state index is 13.1. The topological polar surface area (TPSA) is 48.0 Å². The van der Waals surface area contributed by atoms with Crippen LogP contribution >= 0.6 is 0 Å². The van der Waals surface area contributed by atoms with Crippen LogP contribution in [0.5, 0.6) is 0 Å². The van der Waals surface area contributed by atoms with E-state index in [4.69, 9.17) is 5.73 Å². The molecular weight excluding hydrogens is 284 g/mol. The van der Waals surface area contributed by atoms with Gasteiger partial charge in [-0.05, 0) is 43.0 Å². The number of nitrogens with zero attached hydrogens (tertiary/aromatic N) is 1. The van der Waals surface area contributed by atoms with Crippen LogP contribution in [0.4, 0.5) is 5.69 Å². The van der Waals surface area contributed by atoms with Gasteiger partial charge < -0.3 is 10.3 Å². The Morgan fingerprint density at radius 3 is 2.39 bits per heavy atom. The van der Waals surface area contributed by atoms with Crippen molar-refractivity contribution >= 4 is 11.5 Å². The number of hydrogen-bond acceptors (Lipinski definition) is 2. The number of ketones is 1. The lowest BCUT2D eigenvalue weighted by Crippen LogP contribution is -2.14. The van der Waals surface area contributed by atoms with Crippen LogP contribution in [0, 0.1) is 0 Å². The van der Waals surface area contributed by atoms with E-state index in [1.165, 1.54) is 11.3 Å². The van der Waals surface area contributed by atoms with Crippen molar-refractivity contribution in [2.75, 3.05) is 5.73 Å². The largest absolute Gasteiger partial charge is 0.399 e. The number of aryl methyl sites for hydroxylation is 2. The summed E-state index contributed by atoms with van der Waals surface area (Å²) in [7, 11) is 0. The molecule has 0 aliphatic carbocycles. The van der Waals surface area contributed by atoms with E-state index in [1.54, 1.807) is 6.07 Å². The average molecular weight is 312 g/mol. The molecule has 0 bridgehead atoms. The molecule has 0 amide bonds. The summed E-state index contributed by atoms with van der Waals surface area (Å²) in [5.74, 6) is 0.0940. The van der Waals surface area contributed by atoms with Crippen LogP contribution in [0.25, 0.3) is 0 Å². The van der Waals surface area contributed by atoms with Crippen LogP contribution in [0.1, 0.15) is 67.3 Å². The first-order chi connectivity index (χ1) is 11.1. The SMILES string of the molecule is CCCc1cc(CCC)n(CCC)c1C(=O)c1cccc(N)c1. The van der Waals surface area contributed by atoms with Crippen LogP contribution < -0.4 is 5.73 Å². The summed E-state index contributed by atoms with van der Waals surface area (Å²) < 4.78 is 2.24. The second kappa shape index (κ2) is 8.00. The van der Waals surface area contributed by atoms with Gasteiger partial charge in [0.25, 0.3) is 0 Å². The van der Waals surface area contributed by atoms with Gasteiger partial charge in [0.05, 0.1) is 5.69 Å². The van der Waals surface area contributed by atoms with E-state index < -0.39 is 0 Å². The Hall–Kier alpha value is -2.03. The number of aromatic nitrogens is 1. The highest BCUT2D eigenvalue weighted by Crippen LogP contribution is 2.24. The lowest BCUT2D eigenvalue weighted by Gasteiger charge is -2.13. The molecule has 1 aromatic carbocycles. The summed E-state index contributed by atoms with van der Waals surface area (Å²) in [4.78, 5) is 13.1. The fraction of sp³-hybridized carbons (Fsp3) is 0.450. The average Bonchev–Trinajstić information content (AvgIpc) is 2.85. The van der Waals surface area contributed by atoms with Gasteiger partial charge in [-0.2, -0.15) is 0 Å². The summed E-state index contributed by atoms with van der Waals surface area (Å²) in [6, 6.07) is 9.54. The molecule has 1 aromatic heterocycles. The molecule has 0 unspecified atom stereocenters. The summed E-state index contributed by atoms with van der Waals surface area (Å²) >= 11 is 0. The zero-order valence-electron chi connectivity index (χ0n) is 14.6. The minimum atomic E-state index is 0.0940. The maximum atomic E-state index is 13.1. The molecule has 124 valence electrons. The van der Waals surface area contributed by atoms with E-state index in [2.05, 4.69) is 31.4 Å². The van der Waals surface area contributed by atoms with E-state index in [0.717, 1.165) is 44.3 Å². The van der Waals surface area contributed by atoms with Crippen molar-refractivity contribution in [3.63, 3.8) is 0 Å². The predicted molar refractivity (Wildman–Crippen MR) is 97.0 cm³/mol. The number of nitrogens with two attached hydrogens (primary N) is 1. The van der Waals surface area contributed by atoms with Crippen LogP contribution in [0.15, 0.2) is 30.3 Å². The summed E-state index contributed by atoms with van der Waals surface area (Å²) in [5, 5.41) is 0. The molecule has 2 N–H and O–H groups in total. The van der Waals surface area contributed by atoms with Gasteiger partial charge in [0, 0.05) is 23.5 Å². The highest BCUT2D eigenvalue weighted by atomic mass is 16.1. The highest BCUT2D eigenvalue weighted by Gasteiger charge is 2.21. The number of rotatable bonds is 8. The Morgan fingerprint density at radius 2 is 1.78 bits per heavy atom. The summed E-state index contributed by atoms with van der Waals surface area (Å²) in [6.07, 6.45) is 5.11. The van der Waals surface area contributed by atoms with Crippen molar-refractivity contribution in [3.05, 3.63) is 52.8 Å². The molecular formula is C20H28N2O. The Morgan fingerprint density at radius 1 is 1.04 bits per heavy atom. The van der Waals surface area contributed by atoms with E-state index >= 15 is 0 Å². The second-order valence-corrected chi connectivity index (χ2v) is 6.12. The molecule has 23 heavy (non-hydrogen) atoms. The predicted octanol–water partition coefficient (Wildman–Crippen LogP) is 4.62. The van der Waals surface area contributed by atoms with Gasteiger partial charge in [-0.1, -0.05) is 45.7 Å². The van der Waals surface area contributed by atoms with Crippen LogP contribution in [-0.4, -0.2) is 10.4 Å².